The summed E-state index contributed by atoms with van der Waals surface area (Å²) >= 11 is 0. The van der Waals surface area contributed by atoms with E-state index in [-0.39, 0.29) is 17.3 Å². The van der Waals surface area contributed by atoms with Gasteiger partial charge in [0.05, 0.1) is 0 Å². The summed E-state index contributed by atoms with van der Waals surface area (Å²) in [7, 11) is 0. The van der Waals surface area contributed by atoms with Gasteiger partial charge in [0.15, 0.2) is 0 Å². The summed E-state index contributed by atoms with van der Waals surface area (Å²) < 4.78 is 14.3. The van der Waals surface area contributed by atoms with Crippen molar-refractivity contribution in [2.24, 2.45) is 28.4 Å². The van der Waals surface area contributed by atoms with Crippen LogP contribution in [0, 0.1) is 35.4 Å². The molecule has 21 heavy (non-hydrogen) atoms. The first-order valence-corrected chi connectivity index (χ1v) is 8.41. The molecule has 4 saturated carbocycles. The van der Waals surface area contributed by atoms with Crippen LogP contribution in [0.1, 0.15) is 62.6 Å². The molecule has 0 aliphatic heterocycles. The minimum Gasteiger partial charge on any atom is -0.323 e. The molecule has 3 unspecified atom stereocenters. The van der Waals surface area contributed by atoms with E-state index in [2.05, 4.69) is 6.92 Å². The van der Waals surface area contributed by atoms with Crippen molar-refractivity contribution in [2.45, 2.75) is 58.4 Å². The Labute approximate surface area is 127 Å². The second-order valence-electron chi connectivity index (χ2n) is 8.64. The fourth-order valence-electron chi connectivity index (χ4n) is 6.39. The van der Waals surface area contributed by atoms with Gasteiger partial charge < -0.3 is 5.73 Å². The second kappa shape index (κ2) is 4.32. The number of hydrogen-bond donors (Lipinski definition) is 1. The van der Waals surface area contributed by atoms with E-state index in [9.17, 15) is 4.39 Å². The summed E-state index contributed by atoms with van der Waals surface area (Å²) in [5.41, 5.74) is 9.15. The van der Waals surface area contributed by atoms with Crippen LogP contribution < -0.4 is 5.73 Å². The van der Waals surface area contributed by atoms with E-state index in [4.69, 9.17) is 5.73 Å². The first-order chi connectivity index (χ1) is 9.89. The molecule has 1 aromatic carbocycles. The Morgan fingerprint density at radius 3 is 2.48 bits per heavy atom. The molecule has 4 bridgehead atoms. The van der Waals surface area contributed by atoms with Gasteiger partial charge in [0.25, 0.3) is 0 Å². The Morgan fingerprint density at radius 1 is 1.19 bits per heavy atom. The number of aryl methyl sites for hydroxylation is 1. The zero-order valence-electron chi connectivity index (χ0n) is 13.2. The fourth-order valence-corrected chi connectivity index (χ4v) is 6.39. The lowest BCUT2D eigenvalue weighted by Crippen LogP contribution is -2.54. The van der Waals surface area contributed by atoms with Crippen molar-refractivity contribution in [1.29, 1.82) is 0 Å². The van der Waals surface area contributed by atoms with Crippen molar-refractivity contribution in [2.75, 3.05) is 0 Å². The molecule has 4 aliphatic carbocycles. The van der Waals surface area contributed by atoms with Gasteiger partial charge >= 0.3 is 0 Å². The number of hydrogen-bond acceptors (Lipinski definition) is 1. The minimum absolute atomic E-state index is 0.117. The minimum atomic E-state index is -0.136. The zero-order valence-corrected chi connectivity index (χ0v) is 13.2. The molecule has 2 N–H and O–H groups in total. The molecule has 4 fully saturated rings. The van der Waals surface area contributed by atoms with Gasteiger partial charge in [-0.25, -0.2) is 4.39 Å². The van der Waals surface area contributed by atoms with E-state index in [1.54, 1.807) is 6.07 Å². The van der Waals surface area contributed by atoms with Crippen molar-refractivity contribution in [3.05, 3.63) is 35.1 Å². The number of benzene rings is 1. The molecule has 0 aromatic heterocycles. The Bertz CT molecular complexity index is 565. The van der Waals surface area contributed by atoms with Crippen LogP contribution in [0.5, 0.6) is 0 Å². The SMILES string of the molecule is Cc1ccc(F)c(C(N)C23CC4CC(CC(C)(C4)C2)C3)c1. The summed E-state index contributed by atoms with van der Waals surface area (Å²) in [5, 5.41) is 0. The highest BCUT2D eigenvalue weighted by Gasteiger charge is 2.58. The third-order valence-corrected chi connectivity index (χ3v) is 6.55. The Hall–Kier alpha value is -0.890. The van der Waals surface area contributed by atoms with Gasteiger partial charge in [0, 0.05) is 11.6 Å². The lowest BCUT2D eigenvalue weighted by atomic mass is 9.43. The van der Waals surface area contributed by atoms with E-state index in [0.717, 1.165) is 23.0 Å². The summed E-state index contributed by atoms with van der Waals surface area (Å²) in [6.07, 6.45) is 7.76. The van der Waals surface area contributed by atoms with Gasteiger partial charge in [-0.15, -0.1) is 0 Å². The highest BCUT2D eigenvalue weighted by atomic mass is 19.1. The summed E-state index contributed by atoms with van der Waals surface area (Å²) in [4.78, 5) is 0. The quantitative estimate of drug-likeness (QED) is 0.835. The van der Waals surface area contributed by atoms with Crippen LogP contribution in [-0.2, 0) is 0 Å². The van der Waals surface area contributed by atoms with Gasteiger partial charge in [0.1, 0.15) is 5.82 Å². The van der Waals surface area contributed by atoms with Gasteiger partial charge in [0.2, 0.25) is 0 Å². The number of rotatable bonds is 2. The maximum absolute atomic E-state index is 14.3. The smallest absolute Gasteiger partial charge is 0.128 e. The normalized spacial score (nSPS) is 42.3. The van der Waals surface area contributed by atoms with Crippen LogP contribution in [0.3, 0.4) is 0 Å². The third-order valence-electron chi connectivity index (χ3n) is 6.55. The van der Waals surface area contributed by atoms with Gasteiger partial charge in [-0.05, 0) is 74.2 Å². The van der Waals surface area contributed by atoms with Crippen molar-refractivity contribution in [3.8, 4) is 0 Å². The van der Waals surface area contributed by atoms with E-state index >= 15 is 0 Å². The van der Waals surface area contributed by atoms with Gasteiger partial charge in [-0.3, -0.25) is 0 Å². The summed E-state index contributed by atoms with van der Waals surface area (Å²) in [5.74, 6) is 1.54. The fraction of sp³-hybridized carbons (Fsp3) is 0.684. The maximum Gasteiger partial charge on any atom is 0.128 e. The molecule has 4 aliphatic rings. The summed E-state index contributed by atoms with van der Waals surface area (Å²) in [6, 6.07) is 5.27. The largest absolute Gasteiger partial charge is 0.323 e. The lowest BCUT2D eigenvalue weighted by molar-refractivity contribution is -0.114. The molecule has 2 heteroatoms. The molecule has 1 aromatic rings. The Morgan fingerprint density at radius 2 is 1.86 bits per heavy atom. The van der Waals surface area contributed by atoms with Crippen molar-refractivity contribution < 1.29 is 4.39 Å². The standard InChI is InChI=1S/C19H26FN/c1-12-3-4-16(20)15(5-12)17(21)19-9-13-6-14(10-19)8-18(2,7-13)11-19/h3-5,13-14,17H,6-11,21H2,1-2H3. The van der Waals surface area contributed by atoms with Crippen LogP contribution in [0.25, 0.3) is 0 Å². The second-order valence-corrected chi connectivity index (χ2v) is 8.64. The predicted octanol–water partition coefficient (Wildman–Crippen LogP) is 4.74. The van der Waals surface area contributed by atoms with Crippen LogP contribution in [-0.4, -0.2) is 0 Å². The molecule has 0 radical (unpaired) electrons. The lowest BCUT2D eigenvalue weighted by Gasteiger charge is -2.63. The molecule has 3 atom stereocenters. The first kappa shape index (κ1) is 13.8. The monoisotopic (exact) mass is 287 g/mol. The van der Waals surface area contributed by atoms with Crippen LogP contribution >= 0.6 is 0 Å². The topological polar surface area (TPSA) is 26.0 Å². The Kier molecular flexibility index (Phi) is 2.83. The average Bonchev–Trinajstić information content (AvgIpc) is 2.38. The van der Waals surface area contributed by atoms with Crippen molar-refractivity contribution >= 4 is 0 Å². The Balaban J connectivity index is 1.73. The molecule has 1 nitrogen and oxygen atoms in total. The highest BCUT2D eigenvalue weighted by molar-refractivity contribution is 5.29. The summed E-state index contributed by atoms with van der Waals surface area (Å²) in [6.45, 7) is 4.47. The first-order valence-electron chi connectivity index (χ1n) is 8.41. The number of nitrogens with two attached hydrogens (primary N) is 1. The molecule has 0 spiro atoms. The van der Waals surface area contributed by atoms with Crippen LogP contribution in [0.4, 0.5) is 4.39 Å². The highest BCUT2D eigenvalue weighted by Crippen LogP contribution is 2.67. The van der Waals surface area contributed by atoms with Crippen LogP contribution in [0.2, 0.25) is 0 Å². The van der Waals surface area contributed by atoms with E-state index in [0.29, 0.717) is 5.41 Å². The molecule has 114 valence electrons. The molecule has 0 heterocycles. The van der Waals surface area contributed by atoms with E-state index < -0.39 is 0 Å². The van der Waals surface area contributed by atoms with Crippen molar-refractivity contribution in [3.63, 3.8) is 0 Å². The molecular formula is C19H26FN. The van der Waals surface area contributed by atoms with Crippen molar-refractivity contribution in [1.82, 2.24) is 0 Å². The van der Waals surface area contributed by atoms with E-state index in [1.165, 1.54) is 38.5 Å². The van der Waals surface area contributed by atoms with Gasteiger partial charge in [-0.1, -0.05) is 24.6 Å². The molecule has 0 amide bonds. The third kappa shape index (κ3) is 2.06. The van der Waals surface area contributed by atoms with E-state index in [1.807, 2.05) is 19.1 Å². The number of halogens is 1. The maximum atomic E-state index is 14.3. The zero-order chi connectivity index (χ0) is 14.8. The predicted molar refractivity (Wildman–Crippen MR) is 83.3 cm³/mol. The molecule has 0 saturated heterocycles. The van der Waals surface area contributed by atoms with Crippen LogP contribution in [0.15, 0.2) is 18.2 Å². The van der Waals surface area contributed by atoms with Gasteiger partial charge in [-0.2, -0.15) is 0 Å². The average molecular weight is 287 g/mol. The molecule has 5 rings (SSSR count). The molecular weight excluding hydrogens is 261 g/mol.